The highest BCUT2D eigenvalue weighted by molar-refractivity contribution is 6.43. The van der Waals surface area contributed by atoms with Crippen LogP contribution in [0.25, 0.3) is 11.6 Å². The van der Waals surface area contributed by atoms with Crippen molar-refractivity contribution in [2.24, 2.45) is 0 Å². The molecule has 0 spiro atoms. The van der Waals surface area contributed by atoms with Gasteiger partial charge in [0, 0.05) is 11.8 Å². The summed E-state index contributed by atoms with van der Waals surface area (Å²) >= 11 is 0. The SMILES string of the molecule is N#CC(=Cc1cc(OCCC(=O)NC(Cc2ccccc2)B(O)O)ccc1F)c1ccccn1. The third-order valence-corrected chi connectivity index (χ3v) is 4.93. The number of allylic oxidation sites excluding steroid dienone is 1. The average Bonchev–Trinajstić information content (AvgIpc) is 2.85. The second-order valence-corrected chi connectivity index (χ2v) is 7.44. The minimum Gasteiger partial charge on any atom is -0.493 e. The van der Waals surface area contributed by atoms with Crippen LogP contribution in [0.1, 0.15) is 23.2 Å². The molecule has 2 aromatic carbocycles. The second kappa shape index (κ2) is 12.3. The summed E-state index contributed by atoms with van der Waals surface area (Å²) in [5.74, 6) is -1.50. The number of rotatable bonds is 10. The summed E-state index contributed by atoms with van der Waals surface area (Å²) < 4.78 is 19.9. The van der Waals surface area contributed by atoms with Crippen molar-refractivity contribution < 1.29 is 24.0 Å². The van der Waals surface area contributed by atoms with Crippen molar-refractivity contribution in [3.8, 4) is 11.8 Å². The van der Waals surface area contributed by atoms with Crippen LogP contribution in [-0.4, -0.2) is 40.6 Å². The Bertz CT molecular complexity index is 1170. The third kappa shape index (κ3) is 7.27. The molecule has 1 amide bonds. The molecule has 0 aliphatic rings. The molecule has 7 nitrogen and oxygen atoms in total. The van der Waals surface area contributed by atoms with Gasteiger partial charge in [-0.2, -0.15) is 5.26 Å². The molecule has 0 fully saturated rings. The van der Waals surface area contributed by atoms with Gasteiger partial charge in [0.15, 0.2) is 0 Å². The summed E-state index contributed by atoms with van der Waals surface area (Å²) in [6.07, 6.45) is 3.14. The van der Waals surface area contributed by atoms with Crippen molar-refractivity contribution in [3.63, 3.8) is 0 Å². The number of amides is 1. The average molecular weight is 459 g/mol. The zero-order valence-electron chi connectivity index (χ0n) is 18.3. The predicted molar refractivity (Wildman–Crippen MR) is 127 cm³/mol. The lowest BCUT2D eigenvalue weighted by molar-refractivity contribution is -0.122. The van der Waals surface area contributed by atoms with Crippen molar-refractivity contribution in [2.45, 2.75) is 18.8 Å². The number of carbonyl (C=O) groups excluding carboxylic acids is 1. The lowest BCUT2D eigenvalue weighted by Crippen LogP contribution is -2.48. The normalized spacial score (nSPS) is 11.9. The Hall–Kier alpha value is -4.00. The Morgan fingerprint density at radius 3 is 2.62 bits per heavy atom. The number of aromatic nitrogens is 1. The lowest BCUT2D eigenvalue weighted by Gasteiger charge is -2.18. The fourth-order valence-corrected chi connectivity index (χ4v) is 3.20. The van der Waals surface area contributed by atoms with Gasteiger partial charge < -0.3 is 20.1 Å². The fourth-order valence-electron chi connectivity index (χ4n) is 3.20. The summed E-state index contributed by atoms with van der Waals surface area (Å²) in [4.78, 5) is 16.4. The van der Waals surface area contributed by atoms with E-state index in [9.17, 15) is 24.5 Å². The van der Waals surface area contributed by atoms with Gasteiger partial charge in [0.25, 0.3) is 0 Å². The van der Waals surface area contributed by atoms with E-state index in [4.69, 9.17) is 4.74 Å². The molecule has 0 aliphatic heterocycles. The minimum atomic E-state index is -1.72. The Morgan fingerprint density at radius 2 is 1.94 bits per heavy atom. The van der Waals surface area contributed by atoms with E-state index in [1.54, 1.807) is 24.4 Å². The van der Waals surface area contributed by atoms with Gasteiger partial charge in [0.2, 0.25) is 5.91 Å². The van der Waals surface area contributed by atoms with Crippen LogP contribution in [0.5, 0.6) is 5.75 Å². The molecule has 0 saturated carbocycles. The van der Waals surface area contributed by atoms with Crippen LogP contribution in [0, 0.1) is 17.1 Å². The first kappa shape index (κ1) is 24.6. The van der Waals surface area contributed by atoms with Gasteiger partial charge in [-0.25, -0.2) is 4.39 Å². The topological polar surface area (TPSA) is 115 Å². The zero-order valence-corrected chi connectivity index (χ0v) is 18.3. The van der Waals surface area contributed by atoms with E-state index in [0.29, 0.717) is 11.4 Å². The van der Waals surface area contributed by atoms with Crippen LogP contribution in [0.4, 0.5) is 4.39 Å². The van der Waals surface area contributed by atoms with Crippen LogP contribution in [0.3, 0.4) is 0 Å². The summed E-state index contributed by atoms with van der Waals surface area (Å²) in [6.45, 7) is -0.00838. The second-order valence-electron chi connectivity index (χ2n) is 7.44. The van der Waals surface area contributed by atoms with Crippen LogP contribution >= 0.6 is 0 Å². The van der Waals surface area contributed by atoms with E-state index in [1.807, 2.05) is 36.4 Å². The van der Waals surface area contributed by atoms with Crippen molar-refractivity contribution in [1.82, 2.24) is 10.3 Å². The number of carbonyl (C=O) groups is 1. The molecule has 0 bridgehead atoms. The van der Waals surface area contributed by atoms with Gasteiger partial charge in [-0.15, -0.1) is 0 Å². The summed E-state index contributed by atoms with van der Waals surface area (Å²) in [5.41, 5.74) is 1.62. The van der Waals surface area contributed by atoms with Crippen molar-refractivity contribution in [1.29, 1.82) is 5.26 Å². The molecule has 9 heteroatoms. The molecule has 0 radical (unpaired) electrons. The first-order chi connectivity index (χ1) is 16.5. The van der Waals surface area contributed by atoms with Crippen LogP contribution in [0.15, 0.2) is 72.9 Å². The number of benzene rings is 2. The first-order valence-corrected chi connectivity index (χ1v) is 10.6. The third-order valence-electron chi connectivity index (χ3n) is 4.93. The Labute approximate surface area is 197 Å². The summed E-state index contributed by atoms with van der Waals surface area (Å²) in [7, 11) is -1.72. The smallest absolute Gasteiger partial charge is 0.475 e. The highest BCUT2D eigenvalue weighted by atomic mass is 19.1. The highest BCUT2D eigenvalue weighted by Crippen LogP contribution is 2.22. The fraction of sp³-hybridized carbons (Fsp3) is 0.160. The molecule has 0 saturated heterocycles. The molecule has 3 rings (SSSR count). The number of pyridine rings is 1. The van der Waals surface area contributed by atoms with Crippen molar-refractivity contribution >= 4 is 24.7 Å². The molecule has 3 N–H and O–H groups in total. The number of hydrogen-bond acceptors (Lipinski definition) is 6. The maximum Gasteiger partial charge on any atom is 0.475 e. The van der Waals surface area contributed by atoms with Gasteiger partial charge in [-0.1, -0.05) is 36.4 Å². The van der Waals surface area contributed by atoms with Gasteiger partial charge in [0.05, 0.1) is 30.2 Å². The van der Waals surface area contributed by atoms with Gasteiger partial charge in [-0.05, 0) is 48.4 Å². The summed E-state index contributed by atoms with van der Waals surface area (Å²) in [5, 5.41) is 31.2. The molecule has 1 heterocycles. The number of nitrogens with one attached hydrogen (secondary N) is 1. The molecule has 0 aliphatic carbocycles. The van der Waals surface area contributed by atoms with Gasteiger partial charge in [0.1, 0.15) is 17.6 Å². The van der Waals surface area contributed by atoms with Gasteiger partial charge in [-0.3, -0.25) is 9.78 Å². The first-order valence-electron chi connectivity index (χ1n) is 10.6. The van der Waals surface area contributed by atoms with E-state index in [-0.39, 0.29) is 30.6 Å². The molecule has 3 aromatic rings. The number of nitriles is 1. The van der Waals surface area contributed by atoms with E-state index in [0.717, 1.165) is 5.56 Å². The van der Waals surface area contributed by atoms with Crippen LogP contribution < -0.4 is 10.1 Å². The largest absolute Gasteiger partial charge is 0.493 e. The minimum absolute atomic E-state index is 0.00838. The van der Waals surface area contributed by atoms with E-state index in [2.05, 4.69) is 10.3 Å². The zero-order chi connectivity index (χ0) is 24.3. The van der Waals surface area contributed by atoms with Crippen LogP contribution in [-0.2, 0) is 11.2 Å². The predicted octanol–water partition coefficient (Wildman–Crippen LogP) is 2.79. The molecule has 1 unspecified atom stereocenters. The highest BCUT2D eigenvalue weighted by Gasteiger charge is 2.25. The Balaban J connectivity index is 1.59. The van der Waals surface area contributed by atoms with Crippen molar-refractivity contribution in [3.05, 3.63) is 95.6 Å². The van der Waals surface area contributed by atoms with Gasteiger partial charge >= 0.3 is 7.12 Å². The molecule has 34 heavy (non-hydrogen) atoms. The number of nitrogens with zero attached hydrogens (tertiary/aromatic N) is 2. The van der Waals surface area contributed by atoms with E-state index in [1.165, 1.54) is 24.3 Å². The maximum absolute atomic E-state index is 14.3. The molecular weight excluding hydrogens is 436 g/mol. The van der Waals surface area contributed by atoms with E-state index < -0.39 is 24.8 Å². The molecular formula is C25H23BFN3O4. The summed E-state index contributed by atoms with van der Waals surface area (Å²) in [6, 6.07) is 20.3. The Kier molecular flexibility index (Phi) is 8.92. The number of hydrogen-bond donors (Lipinski definition) is 3. The quantitative estimate of drug-likeness (QED) is 0.317. The molecule has 1 atom stereocenters. The number of halogens is 1. The monoisotopic (exact) mass is 459 g/mol. The van der Waals surface area contributed by atoms with Crippen LogP contribution in [0.2, 0.25) is 0 Å². The molecule has 172 valence electrons. The molecule has 1 aromatic heterocycles. The van der Waals surface area contributed by atoms with E-state index >= 15 is 0 Å². The number of ether oxygens (including phenoxy) is 1. The standard InChI is InChI=1S/C25H23BFN3O4/c27-22-10-9-21(16-19(22)15-20(17-28)23-8-4-5-12-29-23)34-13-11-25(31)30-24(26(32)33)14-18-6-2-1-3-7-18/h1-10,12,15-16,24,32-33H,11,13-14H2,(H,30,31). The maximum atomic E-state index is 14.3. The van der Waals surface area contributed by atoms with Crippen molar-refractivity contribution in [2.75, 3.05) is 6.61 Å². The lowest BCUT2D eigenvalue weighted by atomic mass is 9.76. The Morgan fingerprint density at radius 1 is 1.18 bits per heavy atom.